The number of aliphatic hydroxyl groups excluding tert-OH is 1. The van der Waals surface area contributed by atoms with Crippen LogP contribution in [0.3, 0.4) is 0 Å². The highest BCUT2D eigenvalue weighted by molar-refractivity contribution is 6.07. The number of nitrogens with zero attached hydrogens (tertiary/aromatic N) is 1. The molecular weight excluding hydrogens is 300 g/mol. The number of carbonyl (C=O) groups excluding carboxylic acids is 1. The number of amides is 1. The molecule has 0 unspecified atom stereocenters. The molecule has 4 heteroatoms. The van der Waals surface area contributed by atoms with Crippen molar-refractivity contribution in [3.05, 3.63) is 35.5 Å². The maximum absolute atomic E-state index is 12.7. The van der Waals surface area contributed by atoms with Gasteiger partial charge >= 0.3 is 0 Å². The first-order valence-electron chi connectivity index (χ1n) is 9.17. The molecule has 1 fully saturated rings. The van der Waals surface area contributed by atoms with Crippen molar-refractivity contribution in [2.45, 2.75) is 52.0 Å². The van der Waals surface area contributed by atoms with Gasteiger partial charge in [-0.1, -0.05) is 37.8 Å². The highest BCUT2D eigenvalue weighted by Gasteiger charge is 2.17. The topological polar surface area (TPSA) is 54.3 Å². The summed E-state index contributed by atoms with van der Waals surface area (Å²) in [6, 6.07) is 6.12. The molecule has 4 nitrogen and oxygen atoms in total. The molecule has 0 atom stereocenters. The molecule has 0 bridgehead atoms. The van der Waals surface area contributed by atoms with E-state index in [9.17, 15) is 9.90 Å². The Labute approximate surface area is 143 Å². The Bertz CT molecular complexity index is 697. The quantitative estimate of drug-likeness (QED) is 0.823. The zero-order chi connectivity index (χ0) is 16.9. The Morgan fingerprint density at radius 1 is 1.25 bits per heavy atom. The van der Waals surface area contributed by atoms with Gasteiger partial charge < -0.3 is 15.0 Å². The first-order chi connectivity index (χ1) is 11.7. The fourth-order valence-electron chi connectivity index (χ4n) is 3.78. The molecule has 1 aromatic heterocycles. The number of fused-ring (bicyclic) bond motifs is 1. The van der Waals surface area contributed by atoms with Crippen LogP contribution in [0.2, 0.25) is 0 Å². The SMILES string of the molecule is Cc1ccc2c(C(=O)NCC3CCCCCC3)cn(CCO)c2c1. The van der Waals surface area contributed by atoms with Crippen molar-refractivity contribution in [3.63, 3.8) is 0 Å². The molecule has 130 valence electrons. The monoisotopic (exact) mass is 328 g/mol. The minimum atomic E-state index is 0.00443. The third-order valence-electron chi connectivity index (χ3n) is 5.15. The van der Waals surface area contributed by atoms with E-state index in [0.29, 0.717) is 18.0 Å². The Balaban J connectivity index is 1.76. The van der Waals surface area contributed by atoms with Crippen LogP contribution in [0.15, 0.2) is 24.4 Å². The first kappa shape index (κ1) is 17.0. The van der Waals surface area contributed by atoms with E-state index >= 15 is 0 Å². The van der Waals surface area contributed by atoms with Crippen LogP contribution in [0, 0.1) is 12.8 Å². The van der Waals surface area contributed by atoms with Gasteiger partial charge in [0.2, 0.25) is 0 Å². The highest BCUT2D eigenvalue weighted by atomic mass is 16.3. The van der Waals surface area contributed by atoms with E-state index < -0.39 is 0 Å². The van der Waals surface area contributed by atoms with Crippen LogP contribution in [0.1, 0.15) is 54.4 Å². The van der Waals surface area contributed by atoms with Gasteiger partial charge in [0.05, 0.1) is 12.2 Å². The lowest BCUT2D eigenvalue weighted by atomic mass is 10.0. The fourth-order valence-corrected chi connectivity index (χ4v) is 3.78. The maximum Gasteiger partial charge on any atom is 0.253 e. The van der Waals surface area contributed by atoms with Gasteiger partial charge in [-0.2, -0.15) is 0 Å². The smallest absolute Gasteiger partial charge is 0.253 e. The molecule has 0 spiro atoms. The predicted octanol–water partition coefficient (Wildman–Crippen LogP) is 3.64. The molecule has 3 rings (SSSR count). The number of carbonyl (C=O) groups is 1. The number of benzene rings is 1. The first-order valence-corrected chi connectivity index (χ1v) is 9.17. The molecule has 0 radical (unpaired) electrons. The lowest BCUT2D eigenvalue weighted by Crippen LogP contribution is -2.29. The van der Waals surface area contributed by atoms with Crippen LogP contribution in [0.25, 0.3) is 10.9 Å². The highest BCUT2D eigenvalue weighted by Crippen LogP contribution is 2.24. The minimum absolute atomic E-state index is 0.00443. The van der Waals surface area contributed by atoms with Gasteiger partial charge in [-0.3, -0.25) is 4.79 Å². The molecule has 1 aliphatic carbocycles. The molecule has 0 aliphatic heterocycles. The number of aromatic nitrogens is 1. The standard InChI is InChI=1S/C20H28N2O2/c1-15-8-9-17-18(14-22(10-11-23)19(17)12-15)20(24)21-13-16-6-4-2-3-5-7-16/h8-9,12,14,16,23H,2-7,10-11,13H2,1H3,(H,21,24). The molecule has 0 saturated heterocycles. The third kappa shape index (κ3) is 3.81. The van der Waals surface area contributed by atoms with Crippen molar-refractivity contribution < 1.29 is 9.90 Å². The van der Waals surface area contributed by atoms with Crippen molar-refractivity contribution in [2.75, 3.05) is 13.2 Å². The number of nitrogens with one attached hydrogen (secondary N) is 1. The number of hydrogen-bond donors (Lipinski definition) is 2. The Morgan fingerprint density at radius 3 is 2.71 bits per heavy atom. The lowest BCUT2D eigenvalue weighted by Gasteiger charge is -2.14. The average Bonchev–Trinajstić information content (AvgIpc) is 2.75. The second-order valence-electron chi connectivity index (χ2n) is 7.05. The summed E-state index contributed by atoms with van der Waals surface area (Å²) in [6.07, 6.45) is 9.57. The van der Waals surface area contributed by atoms with Gasteiger partial charge in [0.25, 0.3) is 5.91 Å². The summed E-state index contributed by atoms with van der Waals surface area (Å²) in [7, 11) is 0. The summed E-state index contributed by atoms with van der Waals surface area (Å²) in [5, 5.41) is 13.4. The van der Waals surface area contributed by atoms with E-state index in [0.717, 1.165) is 23.0 Å². The van der Waals surface area contributed by atoms with Gasteiger partial charge in [0.15, 0.2) is 0 Å². The normalized spacial score (nSPS) is 16.2. The van der Waals surface area contributed by atoms with Crippen molar-refractivity contribution in [3.8, 4) is 0 Å². The second kappa shape index (κ2) is 7.84. The molecule has 1 heterocycles. The van der Waals surface area contributed by atoms with E-state index in [4.69, 9.17) is 0 Å². The maximum atomic E-state index is 12.7. The minimum Gasteiger partial charge on any atom is -0.395 e. The van der Waals surface area contributed by atoms with Crippen molar-refractivity contribution in [1.29, 1.82) is 0 Å². The van der Waals surface area contributed by atoms with E-state index in [1.165, 1.54) is 38.5 Å². The summed E-state index contributed by atoms with van der Waals surface area (Å²) in [6.45, 7) is 3.40. The summed E-state index contributed by atoms with van der Waals surface area (Å²) in [5.74, 6) is 0.620. The zero-order valence-electron chi connectivity index (χ0n) is 14.6. The molecule has 1 saturated carbocycles. The van der Waals surface area contributed by atoms with Gasteiger partial charge in [-0.25, -0.2) is 0 Å². The largest absolute Gasteiger partial charge is 0.395 e. The number of aliphatic hydroxyl groups is 1. The van der Waals surface area contributed by atoms with Gasteiger partial charge in [0, 0.05) is 30.2 Å². The van der Waals surface area contributed by atoms with E-state index in [2.05, 4.69) is 11.4 Å². The average molecular weight is 328 g/mol. The number of hydrogen-bond acceptors (Lipinski definition) is 2. The fraction of sp³-hybridized carbons (Fsp3) is 0.550. The van der Waals surface area contributed by atoms with Crippen LogP contribution in [0.5, 0.6) is 0 Å². The number of rotatable bonds is 5. The molecule has 1 amide bonds. The molecular formula is C20H28N2O2. The van der Waals surface area contributed by atoms with Crippen LogP contribution < -0.4 is 5.32 Å². The predicted molar refractivity (Wildman–Crippen MR) is 97.3 cm³/mol. The molecule has 1 aliphatic rings. The van der Waals surface area contributed by atoms with Crippen LogP contribution in [-0.4, -0.2) is 28.7 Å². The Hall–Kier alpha value is -1.81. The summed E-state index contributed by atoms with van der Waals surface area (Å²) in [5.41, 5.74) is 2.89. The molecule has 1 aromatic carbocycles. The summed E-state index contributed by atoms with van der Waals surface area (Å²) in [4.78, 5) is 12.7. The van der Waals surface area contributed by atoms with E-state index in [-0.39, 0.29) is 12.5 Å². The number of aryl methyl sites for hydroxylation is 1. The van der Waals surface area contributed by atoms with Crippen LogP contribution in [-0.2, 0) is 6.54 Å². The van der Waals surface area contributed by atoms with Crippen LogP contribution >= 0.6 is 0 Å². The van der Waals surface area contributed by atoms with Gasteiger partial charge in [0.1, 0.15) is 0 Å². The lowest BCUT2D eigenvalue weighted by molar-refractivity contribution is 0.0947. The third-order valence-corrected chi connectivity index (χ3v) is 5.15. The van der Waals surface area contributed by atoms with Gasteiger partial charge in [-0.05, 0) is 37.3 Å². The Morgan fingerprint density at radius 2 is 2.00 bits per heavy atom. The van der Waals surface area contributed by atoms with Crippen LogP contribution in [0.4, 0.5) is 0 Å². The second-order valence-corrected chi connectivity index (χ2v) is 7.05. The molecule has 2 aromatic rings. The molecule has 2 N–H and O–H groups in total. The van der Waals surface area contributed by atoms with E-state index in [1.54, 1.807) is 0 Å². The van der Waals surface area contributed by atoms with Crippen molar-refractivity contribution >= 4 is 16.8 Å². The van der Waals surface area contributed by atoms with Crippen molar-refractivity contribution in [1.82, 2.24) is 9.88 Å². The molecule has 24 heavy (non-hydrogen) atoms. The summed E-state index contributed by atoms with van der Waals surface area (Å²) < 4.78 is 1.98. The Kier molecular flexibility index (Phi) is 5.56. The summed E-state index contributed by atoms with van der Waals surface area (Å²) >= 11 is 0. The van der Waals surface area contributed by atoms with Gasteiger partial charge in [-0.15, -0.1) is 0 Å². The zero-order valence-corrected chi connectivity index (χ0v) is 14.6. The van der Waals surface area contributed by atoms with Crippen molar-refractivity contribution in [2.24, 2.45) is 5.92 Å². The van der Waals surface area contributed by atoms with E-state index in [1.807, 2.05) is 29.8 Å².